The largest absolute Gasteiger partial charge is 0.462 e. The first-order valence-corrected chi connectivity index (χ1v) is 15.5. The van der Waals surface area contributed by atoms with Crippen LogP contribution in [0.3, 0.4) is 0 Å². The molecule has 3 saturated carbocycles. The van der Waals surface area contributed by atoms with Gasteiger partial charge in [0.15, 0.2) is 5.60 Å². The number of aliphatic hydroxyl groups is 1. The molecule has 0 aromatic carbocycles. The molecule has 0 amide bonds. The smallest absolute Gasteiger partial charge is 0.319 e. The van der Waals surface area contributed by atoms with Gasteiger partial charge in [-0.1, -0.05) is 39.3 Å². The molecule has 2 saturated heterocycles. The van der Waals surface area contributed by atoms with Crippen LogP contribution in [0.2, 0.25) is 0 Å². The van der Waals surface area contributed by atoms with Gasteiger partial charge in [0, 0.05) is 19.4 Å². The van der Waals surface area contributed by atoms with Gasteiger partial charge in [0.05, 0.1) is 11.7 Å². The lowest BCUT2D eigenvalue weighted by atomic mass is 9.40. The summed E-state index contributed by atoms with van der Waals surface area (Å²) in [6.07, 6.45) is 7.56. The minimum Gasteiger partial charge on any atom is -0.462 e. The minimum atomic E-state index is -1.41. The molecule has 2 aliphatic heterocycles. The van der Waals surface area contributed by atoms with E-state index < -0.39 is 28.1 Å². The second-order valence-electron chi connectivity index (χ2n) is 15.8. The summed E-state index contributed by atoms with van der Waals surface area (Å²) in [6, 6.07) is 0. The van der Waals surface area contributed by atoms with Gasteiger partial charge in [-0.2, -0.15) is 0 Å². The Balaban J connectivity index is 1.46. The zero-order chi connectivity index (χ0) is 29.3. The van der Waals surface area contributed by atoms with Crippen molar-refractivity contribution in [3.05, 3.63) is 11.6 Å². The highest BCUT2D eigenvalue weighted by Gasteiger charge is 2.87. The van der Waals surface area contributed by atoms with Crippen molar-refractivity contribution in [3.63, 3.8) is 0 Å². The predicted octanol–water partition coefficient (Wildman–Crippen LogP) is 5.52. The Morgan fingerprint density at radius 1 is 0.975 bits per heavy atom. The summed E-state index contributed by atoms with van der Waals surface area (Å²) in [4.78, 5) is 26.4. The SMILES string of the molecule is COC1C=C2C(CCC3C2(C)CCC(OC(C)=O)C3(C)C)C2(C)CCC3(O)C(C)(C4CCC(C)(C)O4)OC(=O)C123. The third-order valence-corrected chi connectivity index (χ3v) is 13.4. The number of rotatable bonds is 3. The van der Waals surface area contributed by atoms with Crippen molar-refractivity contribution < 1.29 is 33.6 Å². The van der Waals surface area contributed by atoms with E-state index in [0.29, 0.717) is 12.3 Å². The Morgan fingerprint density at radius 3 is 2.27 bits per heavy atom. The molecule has 1 N–H and O–H groups in total. The maximum Gasteiger partial charge on any atom is 0.319 e. The van der Waals surface area contributed by atoms with E-state index in [1.807, 2.05) is 6.92 Å². The molecule has 5 fully saturated rings. The summed E-state index contributed by atoms with van der Waals surface area (Å²) in [5, 5.41) is 12.9. The molecule has 0 bridgehead atoms. The summed E-state index contributed by atoms with van der Waals surface area (Å²) in [7, 11) is 1.66. The molecule has 7 nitrogen and oxygen atoms in total. The molecule has 6 rings (SSSR count). The van der Waals surface area contributed by atoms with Crippen LogP contribution in [0.4, 0.5) is 0 Å². The number of cyclic esters (lactones) is 1. The first-order valence-electron chi connectivity index (χ1n) is 15.5. The first kappa shape index (κ1) is 28.7. The van der Waals surface area contributed by atoms with Gasteiger partial charge in [-0.3, -0.25) is 9.59 Å². The van der Waals surface area contributed by atoms with Gasteiger partial charge in [-0.15, -0.1) is 0 Å². The van der Waals surface area contributed by atoms with Crippen LogP contribution in [0, 0.1) is 33.5 Å². The van der Waals surface area contributed by atoms with Gasteiger partial charge in [-0.05, 0) is 94.8 Å². The molecule has 40 heavy (non-hydrogen) atoms. The Hall–Kier alpha value is -1.44. The second kappa shape index (κ2) is 8.35. The molecular weight excluding hydrogens is 508 g/mol. The molecule has 0 aromatic heterocycles. The van der Waals surface area contributed by atoms with E-state index in [1.165, 1.54) is 12.5 Å². The van der Waals surface area contributed by atoms with Crippen molar-refractivity contribution in [1.29, 1.82) is 0 Å². The quantitative estimate of drug-likeness (QED) is 0.360. The molecule has 10 unspecified atom stereocenters. The van der Waals surface area contributed by atoms with E-state index in [1.54, 1.807) is 7.11 Å². The Kier molecular flexibility index (Phi) is 5.98. The van der Waals surface area contributed by atoms with Crippen LogP contribution in [-0.2, 0) is 28.5 Å². The van der Waals surface area contributed by atoms with E-state index in [-0.39, 0.29) is 46.5 Å². The summed E-state index contributed by atoms with van der Waals surface area (Å²) in [5.74, 6) is -0.0972. The van der Waals surface area contributed by atoms with Crippen molar-refractivity contribution in [2.45, 2.75) is 142 Å². The summed E-state index contributed by atoms with van der Waals surface area (Å²) in [6.45, 7) is 16.6. The van der Waals surface area contributed by atoms with Crippen LogP contribution < -0.4 is 0 Å². The molecule has 224 valence electrons. The Bertz CT molecular complexity index is 1160. The summed E-state index contributed by atoms with van der Waals surface area (Å²) in [5.41, 5.74) is -3.55. The van der Waals surface area contributed by atoms with Gasteiger partial charge < -0.3 is 24.1 Å². The van der Waals surface area contributed by atoms with E-state index >= 15 is 0 Å². The van der Waals surface area contributed by atoms with Crippen molar-refractivity contribution in [1.82, 2.24) is 0 Å². The molecule has 2 heterocycles. The fourth-order valence-electron chi connectivity index (χ4n) is 11.4. The molecular formula is C33H50O7. The van der Waals surface area contributed by atoms with Gasteiger partial charge in [-0.25, -0.2) is 0 Å². The molecule has 4 aliphatic carbocycles. The lowest BCUT2D eigenvalue weighted by Gasteiger charge is -2.64. The zero-order valence-electron chi connectivity index (χ0n) is 26.0. The van der Waals surface area contributed by atoms with Gasteiger partial charge in [0.1, 0.15) is 23.2 Å². The van der Waals surface area contributed by atoms with E-state index in [2.05, 4.69) is 47.6 Å². The van der Waals surface area contributed by atoms with Crippen LogP contribution in [0.1, 0.15) is 107 Å². The summed E-state index contributed by atoms with van der Waals surface area (Å²) < 4.78 is 24.9. The number of allylic oxidation sites excluding steroid dienone is 1. The maximum atomic E-state index is 14.4. The number of ether oxygens (including phenoxy) is 4. The topological polar surface area (TPSA) is 91.3 Å². The Morgan fingerprint density at radius 2 is 1.68 bits per heavy atom. The van der Waals surface area contributed by atoms with Crippen molar-refractivity contribution in [3.8, 4) is 0 Å². The van der Waals surface area contributed by atoms with Crippen molar-refractivity contribution in [2.24, 2.45) is 33.5 Å². The van der Waals surface area contributed by atoms with Crippen LogP contribution in [0.25, 0.3) is 0 Å². The fourth-order valence-corrected chi connectivity index (χ4v) is 11.4. The number of carbonyl (C=O) groups excluding carboxylic acids is 2. The molecule has 7 heteroatoms. The number of hydrogen-bond acceptors (Lipinski definition) is 7. The Labute approximate surface area is 239 Å². The third-order valence-electron chi connectivity index (χ3n) is 13.4. The van der Waals surface area contributed by atoms with E-state index in [0.717, 1.165) is 44.9 Å². The molecule has 6 aliphatic rings. The molecule has 10 atom stereocenters. The highest BCUT2D eigenvalue weighted by molar-refractivity contribution is 5.86. The minimum absolute atomic E-state index is 0.110. The number of methoxy groups -OCH3 is 1. The van der Waals surface area contributed by atoms with Crippen molar-refractivity contribution in [2.75, 3.05) is 7.11 Å². The number of esters is 2. The highest BCUT2D eigenvalue weighted by atomic mass is 16.6. The number of carbonyl (C=O) groups is 2. The summed E-state index contributed by atoms with van der Waals surface area (Å²) >= 11 is 0. The lowest BCUT2D eigenvalue weighted by Crippen LogP contribution is -2.69. The monoisotopic (exact) mass is 558 g/mol. The third kappa shape index (κ3) is 3.13. The van der Waals surface area contributed by atoms with Crippen molar-refractivity contribution >= 4 is 11.9 Å². The molecule has 0 aromatic rings. The maximum absolute atomic E-state index is 14.4. The molecule has 0 radical (unpaired) electrons. The second-order valence-corrected chi connectivity index (χ2v) is 15.8. The average Bonchev–Trinajstić information content (AvgIpc) is 3.41. The zero-order valence-corrected chi connectivity index (χ0v) is 26.0. The lowest BCUT2D eigenvalue weighted by molar-refractivity contribution is -0.217. The van der Waals surface area contributed by atoms with E-state index in [9.17, 15) is 14.7 Å². The molecule has 1 spiro atoms. The number of hydrogen-bond donors (Lipinski definition) is 1. The van der Waals surface area contributed by atoms with Gasteiger partial charge in [0.25, 0.3) is 0 Å². The van der Waals surface area contributed by atoms with Gasteiger partial charge >= 0.3 is 11.9 Å². The normalized spacial score (nSPS) is 52.1. The van der Waals surface area contributed by atoms with Gasteiger partial charge in [0.2, 0.25) is 0 Å². The predicted molar refractivity (Wildman–Crippen MR) is 149 cm³/mol. The van der Waals surface area contributed by atoms with Crippen LogP contribution in [0.5, 0.6) is 0 Å². The number of fused-ring (bicyclic) bond motifs is 4. The van der Waals surface area contributed by atoms with Crippen LogP contribution in [0.15, 0.2) is 11.6 Å². The standard InChI is InChI=1S/C33H50O7/c1-19(34)38-23-13-15-29(6)21-18-25(37-9)33-26(35)40-31(8,24-12-14-27(2,3)39-24)32(33,36)17-16-30(33,7)20(21)10-11-22(29)28(23,4)5/h18,20,22-25,36H,10-17H2,1-9H3. The average molecular weight is 559 g/mol. The fraction of sp³-hybridized carbons (Fsp3) is 0.879. The first-order chi connectivity index (χ1) is 18.4. The van der Waals surface area contributed by atoms with Crippen LogP contribution in [-0.4, -0.2) is 59.3 Å². The van der Waals surface area contributed by atoms with E-state index in [4.69, 9.17) is 18.9 Å². The van der Waals surface area contributed by atoms with Crippen LogP contribution >= 0.6 is 0 Å². The highest BCUT2D eigenvalue weighted by Crippen LogP contribution is 2.77.